The van der Waals surface area contributed by atoms with Crippen LogP contribution < -0.4 is 5.32 Å². The lowest BCUT2D eigenvalue weighted by Gasteiger charge is -2.08. The molecular weight excluding hydrogens is 170 g/mol. The van der Waals surface area contributed by atoms with E-state index in [4.69, 9.17) is 0 Å². The molecule has 0 saturated carbocycles. The van der Waals surface area contributed by atoms with Gasteiger partial charge in [-0.3, -0.25) is 0 Å². The van der Waals surface area contributed by atoms with E-state index < -0.39 is 0 Å². The molecular formula is C13H17N. The van der Waals surface area contributed by atoms with Crippen molar-refractivity contribution in [2.45, 2.75) is 13.8 Å². The van der Waals surface area contributed by atoms with Crippen LogP contribution in [0.3, 0.4) is 0 Å². The van der Waals surface area contributed by atoms with E-state index in [0.717, 1.165) is 11.4 Å². The Kier molecular flexibility index (Phi) is 3.99. The maximum Gasteiger partial charge on any atom is 0.0384 e. The van der Waals surface area contributed by atoms with Gasteiger partial charge in [-0.2, -0.15) is 0 Å². The number of hydrogen-bond acceptors (Lipinski definition) is 1. The third-order valence-electron chi connectivity index (χ3n) is 1.80. The molecule has 0 aliphatic rings. The first-order chi connectivity index (χ1) is 6.72. The molecule has 1 aromatic rings. The average molecular weight is 187 g/mol. The number of nitrogens with one attached hydrogen (secondary N) is 1. The van der Waals surface area contributed by atoms with Gasteiger partial charge >= 0.3 is 0 Å². The van der Waals surface area contributed by atoms with Gasteiger partial charge in [0, 0.05) is 11.4 Å². The van der Waals surface area contributed by atoms with E-state index in [2.05, 4.69) is 31.8 Å². The summed E-state index contributed by atoms with van der Waals surface area (Å²) >= 11 is 0. The van der Waals surface area contributed by atoms with Crippen molar-refractivity contribution >= 4 is 5.69 Å². The second-order valence-electron chi connectivity index (χ2n) is 3.56. The molecule has 0 aliphatic heterocycles. The average Bonchev–Trinajstić information content (AvgIpc) is 2.17. The largest absolute Gasteiger partial charge is 0.356 e. The monoisotopic (exact) mass is 187 g/mol. The van der Waals surface area contributed by atoms with Gasteiger partial charge in [-0.05, 0) is 24.1 Å². The van der Waals surface area contributed by atoms with Gasteiger partial charge in [0.05, 0.1) is 0 Å². The Morgan fingerprint density at radius 3 is 2.43 bits per heavy atom. The van der Waals surface area contributed by atoms with Crippen molar-refractivity contribution in [2.75, 3.05) is 5.32 Å². The topological polar surface area (TPSA) is 12.0 Å². The minimum Gasteiger partial charge on any atom is -0.356 e. The molecule has 0 spiro atoms. The molecule has 0 aromatic heterocycles. The third-order valence-corrected chi connectivity index (χ3v) is 1.80. The highest BCUT2D eigenvalue weighted by atomic mass is 14.9. The zero-order chi connectivity index (χ0) is 10.4. The van der Waals surface area contributed by atoms with E-state index in [1.807, 2.05) is 36.4 Å². The number of benzene rings is 1. The van der Waals surface area contributed by atoms with Gasteiger partial charge in [-0.25, -0.2) is 0 Å². The van der Waals surface area contributed by atoms with Crippen molar-refractivity contribution in [3.05, 3.63) is 54.8 Å². The standard InChI is InChI=1S/C13H17N/c1-4-12(10-11(2)3)14-13-8-6-5-7-9-13/h4-11,14H,1H2,2-3H3/b12-10+. The molecule has 0 saturated heterocycles. The minimum atomic E-state index is 0.527. The van der Waals surface area contributed by atoms with Gasteiger partial charge in [0.25, 0.3) is 0 Å². The molecule has 0 fully saturated rings. The summed E-state index contributed by atoms with van der Waals surface area (Å²) in [4.78, 5) is 0. The molecule has 1 nitrogen and oxygen atoms in total. The quantitative estimate of drug-likeness (QED) is 0.706. The van der Waals surface area contributed by atoms with Crippen LogP contribution in [0.4, 0.5) is 5.69 Å². The summed E-state index contributed by atoms with van der Waals surface area (Å²) in [5.41, 5.74) is 2.16. The molecule has 0 bridgehead atoms. The molecule has 74 valence electrons. The maximum atomic E-state index is 3.78. The van der Waals surface area contributed by atoms with Gasteiger partial charge in [0.1, 0.15) is 0 Å². The van der Waals surface area contributed by atoms with Crippen LogP contribution >= 0.6 is 0 Å². The molecule has 14 heavy (non-hydrogen) atoms. The summed E-state index contributed by atoms with van der Waals surface area (Å²) in [7, 11) is 0. The van der Waals surface area contributed by atoms with Crippen molar-refractivity contribution in [3.63, 3.8) is 0 Å². The van der Waals surface area contributed by atoms with Crippen molar-refractivity contribution in [2.24, 2.45) is 5.92 Å². The van der Waals surface area contributed by atoms with E-state index in [0.29, 0.717) is 5.92 Å². The van der Waals surface area contributed by atoms with Gasteiger partial charge in [-0.1, -0.05) is 44.7 Å². The third kappa shape index (κ3) is 3.48. The molecule has 0 aliphatic carbocycles. The Labute approximate surface area is 86.2 Å². The lowest BCUT2D eigenvalue weighted by Crippen LogP contribution is -1.97. The normalized spacial score (nSPS) is 11.5. The fourth-order valence-electron chi connectivity index (χ4n) is 1.21. The van der Waals surface area contributed by atoms with Crippen LogP contribution in [0.2, 0.25) is 0 Å². The van der Waals surface area contributed by atoms with E-state index >= 15 is 0 Å². The minimum absolute atomic E-state index is 0.527. The molecule has 0 heterocycles. The molecule has 0 amide bonds. The van der Waals surface area contributed by atoms with Crippen LogP contribution in [0.15, 0.2) is 54.8 Å². The SMILES string of the molecule is C=C/C(=C\C(C)C)Nc1ccccc1. The molecule has 0 unspecified atom stereocenters. The number of anilines is 1. The fraction of sp³-hybridized carbons (Fsp3) is 0.231. The molecule has 1 rings (SSSR count). The van der Waals surface area contributed by atoms with Crippen molar-refractivity contribution in [1.82, 2.24) is 0 Å². The van der Waals surface area contributed by atoms with Crippen molar-refractivity contribution < 1.29 is 0 Å². The van der Waals surface area contributed by atoms with E-state index in [1.165, 1.54) is 0 Å². The number of hydrogen-bond donors (Lipinski definition) is 1. The predicted octanol–water partition coefficient (Wildman–Crippen LogP) is 3.82. The van der Waals surface area contributed by atoms with Crippen LogP contribution in [-0.2, 0) is 0 Å². The second-order valence-corrected chi connectivity index (χ2v) is 3.56. The first-order valence-corrected chi connectivity index (χ1v) is 4.88. The van der Waals surface area contributed by atoms with Crippen molar-refractivity contribution in [1.29, 1.82) is 0 Å². The van der Waals surface area contributed by atoms with E-state index in [9.17, 15) is 0 Å². The Morgan fingerprint density at radius 2 is 1.93 bits per heavy atom. The summed E-state index contributed by atoms with van der Waals surface area (Å²) in [6, 6.07) is 10.1. The highest BCUT2D eigenvalue weighted by molar-refractivity contribution is 5.50. The lowest BCUT2D eigenvalue weighted by molar-refractivity contribution is 0.826. The fourth-order valence-corrected chi connectivity index (χ4v) is 1.21. The Hall–Kier alpha value is -1.50. The Morgan fingerprint density at radius 1 is 1.29 bits per heavy atom. The number of para-hydroxylation sites is 1. The smallest absolute Gasteiger partial charge is 0.0384 e. The second kappa shape index (κ2) is 5.28. The van der Waals surface area contributed by atoms with Crippen LogP contribution in [0.1, 0.15) is 13.8 Å². The molecule has 1 heteroatoms. The summed E-state index contributed by atoms with van der Waals surface area (Å²) < 4.78 is 0. The zero-order valence-corrected chi connectivity index (χ0v) is 8.83. The molecule has 0 atom stereocenters. The summed E-state index contributed by atoms with van der Waals surface area (Å²) in [6.07, 6.45) is 3.99. The predicted molar refractivity (Wildman–Crippen MR) is 63.2 cm³/mol. The highest BCUT2D eigenvalue weighted by Crippen LogP contribution is 2.11. The van der Waals surface area contributed by atoms with Gasteiger partial charge < -0.3 is 5.32 Å². The Balaban J connectivity index is 2.71. The first kappa shape index (κ1) is 10.6. The number of rotatable bonds is 4. The molecule has 0 radical (unpaired) electrons. The number of allylic oxidation sites excluding steroid dienone is 2. The van der Waals surface area contributed by atoms with E-state index in [1.54, 1.807) is 0 Å². The molecule has 1 N–H and O–H groups in total. The zero-order valence-electron chi connectivity index (χ0n) is 8.83. The lowest BCUT2D eigenvalue weighted by atomic mass is 10.2. The Bertz CT molecular complexity index is 309. The first-order valence-electron chi connectivity index (χ1n) is 4.88. The van der Waals surface area contributed by atoms with Gasteiger partial charge in [0.2, 0.25) is 0 Å². The van der Waals surface area contributed by atoms with Crippen molar-refractivity contribution in [3.8, 4) is 0 Å². The molecule has 1 aromatic carbocycles. The summed E-state index contributed by atoms with van der Waals surface area (Å²) in [6.45, 7) is 8.08. The summed E-state index contributed by atoms with van der Waals surface area (Å²) in [5.74, 6) is 0.527. The summed E-state index contributed by atoms with van der Waals surface area (Å²) in [5, 5.41) is 3.30. The van der Waals surface area contributed by atoms with Crippen LogP contribution in [-0.4, -0.2) is 0 Å². The highest BCUT2D eigenvalue weighted by Gasteiger charge is 1.94. The van der Waals surface area contributed by atoms with Gasteiger partial charge in [0.15, 0.2) is 0 Å². The van der Waals surface area contributed by atoms with E-state index in [-0.39, 0.29) is 0 Å². The van der Waals surface area contributed by atoms with Crippen LogP contribution in [0, 0.1) is 5.92 Å². The van der Waals surface area contributed by atoms with Crippen LogP contribution in [0.25, 0.3) is 0 Å². The van der Waals surface area contributed by atoms with Gasteiger partial charge in [-0.15, -0.1) is 0 Å². The van der Waals surface area contributed by atoms with Crippen LogP contribution in [0.5, 0.6) is 0 Å². The maximum absolute atomic E-state index is 3.78.